The van der Waals surface area contributed by atoms with Gasteiger partial charge in [0.25, 0.3) is 12.3 Å². The van der Waals surface area contributed by atoms with Gasteiger partial charge in [-0.05, 0) is 42.5 Å². The molecule has 0 aliphatic rings. The number of anilines is 1. The van der Waals surface area contributed by atoms with Gasteiger partial charge < -0.3 is 10.4 Å². The van der Waals surface area contributed by atoms with Crippen LogP contribution in [0.1, 0.15) is 22.5 Å². The molecule has 29 heavy (non-hydrogen) atoms. The van der Waals surface area contributed by atoms with Crippen LogP contribution in [0.2, 0.25) is 0 Å². The highest BCUT2D eigenvalue weighted by Gasteiger charge is 2.21. The molecule has 0 spiro atoms. The summed E-state index contributed by atoms with van der Waals surface area (Å²) < 4.78 is 41.3. The second-order valence-corrected chi connectivity index (χ2v) is 6.17. The quantitative estimate of drug-likeness (QED) is 0.533. The molecular weight excluding hydrogens is 385 g/mol. The molecular formula is C20H13F3N4O2. The van der Waals surface area contributed by atoms with Gasteiger partial charge in [0.15, 0.2) is 5.65 Å². The molecule has 2 aromatic carbocycles. The van der Waals surface area contributed by atoms with Crippen molar-refractivity contribution in [3.8, 4) is 17.0 Å². The van der Waals surface area contributed by atoms with Gasteiger partial charge in [-0.3, -0.25) is 4.79 Å². The van der Waals surface area contributed by atoms with Gasteiger partial charge in [-0.25, -0.2) is 22.7 Å². The van der Waals surface area contributed by atoms with Crippen molar-refractivity contribution in [2.75, 3.05) is 5.32 Å². The molecule has 2 aromatic heterocycles. The van der Waals surface area contributed by atoms with Crippen molar-refractivity contribution in [1.29, 1.82) is 0 Å². The van der Waals surface area contributed by atoms with E-state index in [2.05, 4.69) is 15.4 Å². The smallest absolute Gasteiger partial charge is 0.280 e. The second-order valence-electron chi connectivity index (χ2n) is 6.17. The Bertz CT molecular complexity index is 1210. The van der Waals surface area contributed by atoms with Gasteiger partial charge in [-0.2, -0.15) is 5.10 Å². The summed E-state index contributed by atoms with van der Waals surface area (Å²) in [7, 11) is 0. The van der Waals surface area contributed by atoms with E-state index in [9.17, 15) is 23.1 Å². The summed E-state index contributed by atoms with van der Waals surface area (Å²) in [5.74, 6) is -1.15. The number of halogens is 3. The maximum absolute atomic E-state index is 13.6. The van der Waals surface area contributed by atoms with Gasteiger partial charge in [0.1, 0.15) is 22.8 Å². The van der Waals surface area contributed by atoms with Crippen molar-refractivity contribution in [2.45, 2.75) is 6.43 Å². The summed E-state index contributed by atoms with van der Waals surface area (Å²) in [4.78, 5) is 16.9. The van der Waals surface area contributed by atoms with Crippen LogP contribution in [0.15, 0.2) is 60.8 Å². The van der Waals surface area contributed by atoms with Crippen LogP contribution < -0.4 is 5.32 Å². The average molecular weight is 398 g/mol. The zero-order valence-electron chi connectivity index (χ0n) is 14.7. The van der Waals surface area contributed by atoms with Gasteiger partial charge in [0.05, 0.1) is 11.9 Å². The number of alkyl halides is 2. The largest absolute Gasteiger partial charge is 0.508 e. The van der Waals surface area contributed by atoms with Crippen molar-refractivity contribution in [3.63, 3.8) is 0 Å². The second kappa shape index (κ2) is 7.27. The number of carbonyl (C=O) groups is 1. The van der Waals surface area contributed by atoms with E-state index in [0.29, 0.717) is 11.3 Å². The summed E-state index contributed by atoms with van der Waals surface area (Å²) >= 11 is 0. The number of hydrogen-bond acceptors (Lipinski definition) is 4. The lowest BCUT2D eigenvalue weighted by molar-refractivity contribution is 0.102. The highest BCUT2D eigenvalue weighted by Crippen LogP contribution is 2.27. The molecule has 0 bridgehead atoms. The zero-order valence-corrected chi connectivity index (χ0v) is 14.7. The van der Waals surface area contributed by atoms with E-state index in [1.165, 1.54) is 36.4 Å². The van der Waals surface area contributed by atoms with Gasteiger partial charge in [-0.15, -0.1) is 0 Å². The van der Waals surface area contributed by atoms with E-state index in [0.717, 1.165) is 16.8 Å². The number of aromatic hydroxyl groups is 1. The van der Waals surface area contributed by atoms with Crippen molar-refractivity contribution in [2.24, 2.45) is 0 Å². The predicted molar refractivity (Wildman–Crippen MR) is 99.4 cm³/mol. The van der Waals surface area contributed by atoms with Crippen LogP contribution in [0.3, 0.4) is 0 Å². The van der Waals surface area contributed by atoms with Crippen LogP contribution in [0, 0.1) is 5.82 Å². The van der Waals surface area contributed by atoms with Crippen LogP contribution in [0.4, 0.5) is 18.9 Å². The van der Waals surface area contributed by atoms with E-state index in [4.69, 9.17) is 0 Å². The normalized spacial score (nSPS) is 11.2. The minimum atomic E-state index is -2.87. The molecule has 2 N–H and O–H groups in total. The molecule has 146 valence electrons. The molecule has 0 radical (unpaired) electrons. The number of benzene rings is 2. The molecule has 0 unspecified atom stereocenters. The van der Waals surface area contributed by atoms with E-state index >= 15 is 0 Å². The van der Waals surface area contributed by atoms with Crippen LogP contribution in [-0.2, 0) is 0 Å². The number of carbonyl (C=O) groups excluding carboxylic acids is 1. The molecule has 0 fully saturated rings. The number of nitrogens with zero attached hydrogens (tertiary/aromatic N) is 3. The fraction of sp³-hybridized carbons (Fsp3) is 0.0500. The summed E-state index contributed by atoms with van der Waals surface area (Å²) in [6.07, 6.45) is -1.73. The standard InChI is InChI=1S/C20H13F3N4O2/c21-12-6-4-11(5-7-12)16-9-17(18(22)23)27-19(26-16)15(10-24-27)20(29)25-13-2-1-3-14(28)8-13/h1-10,18,28H,(H,25,29). The summed E-state index contributed by atoms with van der Waals surface area (Å²) in [5, 5.41) is 16.0. The minimum Gasteiger partial charge on any atom is -0.508 e. The summed E-state index contributed by atoms with van der Waals surface area (Å²) in [6.45, 7) is 0. The molecule has 0 saturated heterocycles. The van der Waals surface area contributed by atoms with Crippen LogP contribution in [0.25, 0.3) is 16.9 Å². The number of phenols is 1. The van der Waals surface area contributed by atoms with Crippen LogP contribution in [-0.4, -0.2) is 25.6 Å². The third kappa shape index (κ3) is 3.62. The van der Waals surface area contributed by atoms with Crippen molar-refractivity contribution in [1.82, 2.24) is 14.6 Å². The zero-order chi connectivity index (χ0) is 20.5. The SMILES string of the molecule is O=C(Nc1cccc(O)c1)c1cnn2c(C(F)F)cc(-c3ccc(F)cc3)nc12. The molecule has 2 heterocycles. The molecule has 4 aromatic rings. The molecule has 0 atom stereocenters. The Morgan fingerprint density at radius 1 is 1.10 bits per heavy atom. The average Bonchev–Trinajstić information content (AvgIpc) is 3.12. The van der Waals surface area contributed by atoms with Gasteiger partial charge in [-0.1, -0.05) is 6.07 Å². The lowest BCUT2D eigenvalue weighted by Gasteiger charge is -2.09. The van der Waals surface area contributed by atoms with Gasteiger partial charge >= 0.3 is 0 Å². The molecule has 0 aliphatic carbocycles. The first-order chi connectivity index (χ1) is 13.9. The first-order valence-corrected chi connectivity index (χ1v) is 8.45. The van der Waals surface area contributed by atoms with Gasteiger partial charge in [0.2, 0.25) is 0 Å². The van der Waals surface area contributed by atoms with Crippen molar-refractivity contribution >= 4 is 17.2 Å². The third-order valence-corrected chi connectivity index (χ3v) is 4.21. The predicted octanol–water partition coefficient (Wildman–Crippen LogP) is 4.43. The molecule has 6 nitrogen and oxygen atoms in total. The molecule has 0 saturated carbocycles. The lowest BCUT2D eigenvalue weighted by Crippen LogP contribution is -2.12. The third-order valence-electron chi connectivity index (χ3n) is 4.21. The fourth-order valence-corrected chi connectivity index (χ4v) is 2.85. The summed E-state index contributed by atoms with van der Waals surface area (Å²) in [6, 6.07) is 12.2. The maximum atomic E-state index is 13.6. The number of rotatable bonds is 4. The number of aromatic nitrogens is 3. The number of fused-ring (bicyclic) bond motifs is 1. The topological polar surface area (TPSA) is 79.5 Å². The van der Waals surface area contributed by atoms with Crippen molar-refractivity contribution in [3.05, 3.63) is 77.9 Å². The molecule has 4 rings (SSSR count). The number of nitrogens with one attached hydrogen (secondary N) is 1. The number of amides is 1. The highest BCUT2D eigenvalue weighted by atomic mass is 19.3. The van der Waals surface area contributed by atoms with Crippen LogP contribution >= 0.6 is 0 Å². The number of phenolic OH excluding ortho intramolecular Hbond substituents is 1. The van der Waals surface area contributed by atoms with Crippen molar-refractivity contribution < 1.29 is 23.1 Å². The lowest BCUT2D eigenvalue weighted by atomic mass is 10.1. The molecule has 0 aliphatic heterocycles. The summed E-state index contributed by atoms with van der Waals surface area (Å²) in [5.41, 5.74) is 0.332. The Kier molecular flexibility index (Phi) is 4.63. The Morgan fingerprint density at radius 3 is 2.55 bits per heavy atom. The Hall–Kier alpha value is -3.88. The van der Waals surface area contributed by atoms with E-state index < -0.39 is 23.8 Å². The first-order valence-electron chi connectivity index (χ1n) is 8.45. The Balaban J connectivity index is 1.81. The van der Waals surface area contributed by atoms with Gasteiger partial charge in [0, 0.05) is 17.3 Å². The van der Waals surface area contributed by atoms with Crippen LogP contribution in [0.5, 0.6) is 5.75 Å². The monoisotopic (exact) mass is 398 g/mol. The van der Waals surface area contributed by atoms with E-state index in [-0.39, 0.29) is 22.7 Å². The fourth-order valence-electron chi connectivity index (χ4n) is 2.85. The highest BCUT2D eigenvalue weighted by molar-refractivity contribution is 6.08. The molecule has 1 amide bonds. The number of hydrogen-bond donors (Lipinski definition) is 2. The van der Waals surface area contributed by atoms with E-state index in [1.54, 1.807) is 12.1 Å². The minimum absolute atomic E-state index is 0.0285. The first kappa shape index (κ1) is 18.5. The Morgan fingerprint density at radius 2 is 1.86 bits per heavy atom. The Labute approximate surface area is 162 Å². The van der Waals surface area contributed by atoms with E-state index in [1.807, 2.05) is 0 Å². The molecule has 9 heteroatoms. The maximum Gasteiger partial charge on any atom is 0.280 e.